The predicted molar refractivity (Wildman–Crippen MR) is 117 cm³/mol. The van der Waals surface area contributed by atoms with Crippen LogP contribution in [0.1, 0.15) is 18.9 Å². The van der Waals surface area contributed by atoms with Crippen LogP contribution in [0.15, 0.2) is 41.5 Å². The van der Waals surface area contributed by atoms with Crippen LogP contribution in [-0.2, 0) is 22.5 Å². The first kappa shape index (κ1) is 21.2. The van der Waals surface area contributed by atoms with Crippen molar-refractivity contribution in [3.63, 3.8) is 0 Å². The molecule has 1 aliphatic heterocycles. The first-order chi connectivity index (χ1) is 15.1. The van der Waals surface area contributed by atoms with E-state index in [1.54, 1.807) is 6.07 Å². The maximum absolute atomic E-state index is 12.8. The molecule has 9 nitrogen and oxygen atoms in total. The maximum atomic E-state index is 12.8. The van der Waals surface area contributed by atoms with Crippen molar-refractivity contribution in [2.45, 2.75) is 26.3 Å². The molecule has 3 heterocycles. The summed E-state index contributed by atoms with van der Waals surface area (Å²) < 4.78 is 7.97. The molecule has 31 heavy (non-hydrogen) atoms. The summed E-state index contributed by atoms with van der Waals surface area (Å²) in [5, 5.41) is 11.4. The van der Waals surface area contributed by atoms with Crippen molar-refractivity contribution < 1.29 is 9.53 Å². The first-order valence-electron chi connectivity index (χ1n) is 10.8. The van der Waals surface area contributed by atoms with Gasteiger partial charge in [-0.25, -0.2) is 9.20 Å². The van der Waals surface area contributed by atoms with E-state index < -0.39 is 0 Å². The zero-order valence-electron chi connectivity index (χ0n) is 17.8. The maximum Gasteiger partial charge on any atom is 0.293 e. The van der Waals surface area contributed by atoms with Gasteiger partial charge in [0.25, 0.3) is 5.56 Å². The summed E-state index contributed by atoms with van der Waals surface area (Å²) in [5.74, 6) is -0.226. The summed E-state index contributed by atoms with van der Waals surface area (Å²) in [4.78, 5) is 27.4. The zero-order valence-corrected chi connectivity index (χ0v) is 17.8. The standard InChI is InChI=1S/C22H28N6O3/c1-2-17-4-6-18(7-5-17)19-14-20-22(30)27(24-16-28(20)25-19)15-21(29)23-8-3-9-26-10-12-31-13-11-26/h4-7,14,16H,2-3,8-13,15H2,1H3,(H,23,29). The van der Waals surface area contributed by atoms with Crippen LogP contribution in [0, 0.1) is 0 Å². The largest absolute Gasteiger partial charge is 0.379 e. The number of hydrogen-bond acceptors (Lipinski definition) is 6. The second-order valence-corrected chi connectivity index (χ2v) is 7.66. The van der Waals surface area contributed by atoms with Crippen LogP contribution >= 0.6 is 0 Å². The highest BCUT2D eigenvalue weighted by atomic mass is 16.5. The fourth-order valence-corrected chi connectivity index (χ4v) is 3.65. The lowest BCUT2D eigenvalue weighted by atomic mass is 10.1. The predicted octanol–water partition coefficient (Wildman–Crippen LogP) is 0.959. The third-order valence-electron chi connectivity index (χ3n) is 5.52. The minimum absolute atomic E-state index is 0.113. The van der Waals surface area contributed by atoms with E-state index in [1.165, 1.54) is 21.1 Å². The molecule has 0 bridgehead atoms. The van der Waals surface area contributed by atoms with Crippen LogP contribution in [0.2, 0.25) is 0 Å². The Morgan fingerprint density at radius 3 is 2.71 bits per heavy atom. The van der Waals surface area contributed by atoms with Gasteiger partial charge in [0.15, 0.2) is 0 Å². The van der Waals surface area contributed by atoms with Crippen LogP contribution in [0.4, 0.5) is 0 Å². The van der Waals surface area contributed by atoms with E-state index in [0.717, 1.165) is 51.3 Å². The number of ether oxygens (including phenoxy) is 1. The molecule has 9 heteroatoms. The molecule has 1 fully saturated rings. The molecule has 0 spiro atoms. The van der Waals surface area contributed by atoms with Gasteiger partial charge in [0.1, 0.15) is 18.4 Å². The third-order valence-corrected chi connectivity index (χ3v) is 5.52. The minimum Gasteiger partial charge on any atom is -0.379 e. The molecule has 1 aromatic carbocycles. The SMILES string of the molecule is CCc1ccc(-c2cc3c(=O)n(CC(=O)NCCCN4CCOCC4)ncn3n2)cc1. The summed E-state index contributed by atoms with van der Waals surface area (Å²) in [7, 11) is 0. The Labute approximate surface area is 180 Å². The Morgan fingerprint density at radius 1 is 1.19 bits per heavy atom. The van der Waals surface area contributed by atoms with Crippen LogP contribution in [0.3, 0.4) is 0 Å². The van der Waals surface area contributed by atoms with Crippen molar-refractivity contribution in [1.82, 2.24) is 29.6 Å². The van der Waals surface area contributed by atoms with Gasteiger partial charge in [0.05, 0.1) is 18.9 Å². The Hall–Kier alpha value is -3.04. The summed E-state index contributed by atoms with van der Waals surface area (Å²) in [6, 6.07) is 9.84. The van der Waals surface area contributed by atoms with E-state index >= 15 is 0 Å². The molecule has 0 atom stereocenters. The second-order valence-electron chi connectivity index (χ2n) is 7.66. The minimum atomic E-state index is -0.338. The highest BCUT2D eigenvalue weighted by Gasteiger charge is 2.13. The average Bonchev–Trinajstić information content (AvgIpc) is 3.25. The van der Waals surface area contributed by atoms with E-state index in [2.05, 4.69) is 39.5 Å². The number of rotatable bonds is 8. The van der Waals surface area contributed by atoms with Crippen LogP contribution in [-0.4, -0.2) is 69.6 Å². The van der Waals surface area contributed by atoms with Crippen molar-refractivity contribution in [2.75, 3.05) is 39.4 Å². The lowest BCUT2D eigenvalue weighted by molar-refractivity contribution is -0.121. The lowest BCUT2D eigenvalue weighted by Crippen LogP contribution is -2.39. The molecule has 3 aromatic rings. The summed E-state index contributed by atoms with van der Waals surface area (Å²) >= 11 is 0. The lowest BCUT2D eigenvalue weighted by Gasteiger charge is -2.26. The number of carbonyl (C=O) groups is 1. The van der Waals surface area contributed by atoms with Gasteiger partial charge in [-0.05, 0) is 31.0 Å². The fourth-order valence-electron chi connectivity index (χ4n) is 3.65. The Balaban J connectivity index is 1.37. The van der Waals surface area contributed by atoms with Crippen molar-refractivity contribution in [2.24, 2.45) is 0 Å². The molecule has 2 aromatic heterocycles. The highest BCUT2D eigenvalue weighted by Crippen LogP contribution is 2.19. The van der Waals surface area contributed by atoms with Crippen LogP contribution in [0.25, 0.3) is 16.8 Å². The number of amides is 1. The van der Waals surface area contributed by atoms with Gasteiger partial charge >= 0.3 is 0 Å². The van der Waals surface area contributed by atoms with Crippen LogP contribution in [0.5, 0.6) is 0 Å². The number of nitrogens with one attached hydrogen (secondary N) is 1. The quantitative estimate of drug-likeness (QED) is 0.542. The average molecular weight is 425 g/mol. The van der Waals surface area contributed by atoms with Crippen molar-refractivity contribution in [3.05, 3.63) is 52.6 Å². The van der Waals surface area contributed by atoms with Gasteiger partial charge in [-0.15, -0.1) is 0 Å². The number of aromatic nitrogens is 4. The number of carbonyl (C=O) groups excluding carboxylic acids is 1. The molecule has 1 saturated heterocycles. The number of morpholine rings is 1. The number of aryl methyl sites for hydroxylation is 1. The molecule has 4 rings (SSSR count). The zero-order chi connectivity index (χ0) is 21.6. The van der Waals surface area contributed by atoms with Gasteiger partial charge in [-0.2, -0.15) is 10.2 Å². The molecule has 0 saturated carbocycles. The number of fused-ring (bicyclic) bond motifs is 1. The summed E-state index contributed by atoms with van der Waals surface area (Å²) in [6.45, 7) is 6.89. The molecule has 164 valence electrons. The Bertz CT molecular complexity index is 1080. The fraction of sp³-hybridized carbons (Fsp3) is 0.455. The molecule has 1 amide bonds. The van der Waals surface area contributed by atoms with Gasteiger partial charge in [0.2, 0.25) is 5.91 Å². The smallest absolute Gasteiger partial charge is 0.293 e. The number of hydrogen-bond donors (Lipinski definition) is 1. The van der Waals surface area contributed by atoms with Crippen molar-refractivity contribution >= 4 is 11.4 Å². The normalized spacial score (nSPS) is 14.7. The van der Waals surface area contributed by atoms with E-state index in [9.17, 15) is 9.59 Å². The molecule has 0 unspecified atom stereocenters. The van der Waals surface area contributed by atoms with Gasteiger partial charge < -0.3 is 10.1 Å². The Morgan fingerprint density at radius 2 is 1.97 bits per heavy atom. The summed E-state index contributed by atoms with van der Waals surface area (Å²) in [5.41, 5.74) is 2.93. The van der Waals surface area contributed by atoms with Crippen molar-refractivity contribution in [1.29, 1.82) is 0 Å². The van der Waals surface area contributed by atoms with Crippen LogP contribution < -0.4 is 10.9 Å². The van der Waals surface area contributed by atoms with E-state index in [-0.39, 0.29) is 18.0 Å². The number of benzene rings is 1. The Kier molecular flexibility index (Phi) is 6.73. The van der Waals surface area contributed by atoms with Crippen molar-refractivity contribution in [3.8, 4) is 11.3 Å². The van der Waals surface area contributed by atoms with Gasteiger partial charge in [-0.3, -0.25) is 14.5 Å². The van der Waals surface area contributed by atoms with Gasteiger partial charge in [-0.1, -0.05) is 31.2 Å². The molecule has 1 aliphatic rings. The highest BCUT2D eigenvalue weighted by molar-refractivity contribution is 5.75. The van der Waals surface area contributed by atoms with E-state index in [4.69, 9.17) is 4.74 Å². The van der Waals surface area contributed by atoms with E-state index in [0.29, 0.717) is 17.8 Å². The molecule has 0 aliphatic carbocycles. The van der Waals surface area contributed by atoms with E-state index in [1.807, 2.05) is 12.1 Å². The molecule has 1 N–H and O–H groups in total. The topological polar surface area (TPSA) is 93.8 Å². The summed E-state index contributed by atoms with van der Waals surface area (Å²) in [6.07, 6.45) is 3.29. The number of nitrogens with zero attached hydrogens (tertiary/aromatic N) is 5. The van der Waals surface area contributed by atoms with Gasteiger partial charge in [0, 0.05) is 25.2 Å². The first-order valence-corrected chi connectivity index (χ1v) is 10.8. The monoisotopic (exact) mass is 424 g/mol. The third kappa shape index (κ3) is 5.18. The molecular formula is C22H28N6O3. The molecular weight excluding hydrogens is 396 g/mol. The second kappa shape index (κ2) is 9.84. The molecule has 0 radical (unpaired) electrons.